The molecule has 1 aromatic carbocycles. The maximum atomic E-state index is 13.0. The van der Waals surface area contributed by atoms with Gasteiger partial charge in [0.2, 0.25) is 5.91 Å². The molecule has 1 unspecified atom stereocenters. The summed E-state index contributed by atoms with van der Waals surface area (Å²) >= 11 is 3.19. The standard InChI is InChI=1S/C25H25N3O2S2/c29-24(17-9-11-28(12-10-17)25(30)23-8-4-14-32-23)27-16-20(22-7-3-13-31-22)19-15-26-21-6-2-1-5-18(19)21/h1-8,13-15,17,20,26H,9-12,16H2,(H,27,29). The number of aromatic amines is 1. The SMILES string of the molecule is O=C(NCC(c1cccs1)c1c[nH]c2ccccc12)C1CCN(C(=O)c2cccs2)CC1. The minimum Gasteiger partial charge on any atom is -0.361 e. The van der Waals surface area contributed by atoms with E-state index in [1.54, 1.807) is 11.3 Å². The van der Waals surface area contributed by atoms with Gasteiger partial charge in [-0.15, -0.1) is 22.7 Å². The van der Waals surface area contributed by atoms with Crippen molar-refractivity contribution in [1.82, 2.24) is 15.2 Å². The van der Waals surface area contributed by atoms with E-state index in [1.165, 1.54) is 27.2 Å². The lowest BCUT2D eigenvalue weighted by molar-refractivity contribution is -0.126. The second kappa shape index (κ2) is 9.30. The summed E-state index contributed by atoms with van der Waals surface area (Å²) in [7, 11) is 0. The first-order chi connectivity index (χ1) is 15.7. The Balaban J connectivity index is 1.23. The number of hydrogen-bond acceptors (Lipinski definition) is 4. The number of carbonyl (C=O) groups excluding carboxylic acids is 2. The summed E-state index contributed by atoms with van der Waals surface area (Å²) in [4.78, 5) is 32.8. The quantitative estimate of drug-likeness (QED) is 0.418. The third kappa shape index (κ3) is 4.23. The molecule has 1 aliphatic rings. The lowest BCUT2D eigenvalue weighted by Gasteiger charge is -2.31. The van der Waals surface area contributed by atoms with E-state index in [1.807, 2.05) is 28.5 Å². The predicted octanol–water partition coefficient (Wildman–Crippen LogP) is 5.09. The molecule has 32 heavy (non-hydrogen) atoms. The minimum atomic E-state index is -0.0469. The van der Waals surface area contributed by atoms with Gasteiger partial charge in [-0.25, -0.2) is 0 Å². The van der Waals surface area contributed by atoms with Gasteiger partial charge in [0.25, 0.3) is 5.91 Å². The van der Waals surface area contributed by atoms with Gasteiger partial charge in [0.05, 0.1) is 4.88 Å². The highest BCUT2D eigenvalue weighted by Gasteiger charge is 2.29. The Kier molecular flexibility index (Phi) is 6.10. The van der Waals surface area contributed by atoms with E-state index in [4.69, 9.17) is 0 Å². The summed E-state index contributed by atoms with van der Waals surface area (Å²) in [5, 5.41) is 8.42. The molecule has 1 saturated heterocycles. The Morgan fingerprint density at radius 2 is 1.81 bits per heavy atom. The summed E-state index contributed by atoms with van der Waals surface area (Å²) < 4.78 is 0. The average molecular weight is 464 g/mol. The molecule has 3 aromatic heterocycles. The molecule has 2 amide bonds. The molecule has 0 spiro atoms. The highest BCUT2D eigenvalue weighted by atomic mass is 32.1. The van der Waals surface area contributed by atoms with E-state index in [2.05, 4.69) is 52.2 Å². The number of fused-ring (bicyclic) bond motifs is 1. The summed E-state index contributed by atoms with van der Waals surface area (Å²) in [5.41, 5.74) is 2.32. The van der Waals surface area contributed by atoms with Crippen LogP contribution in [0, 0.1) is 5.92 Å². The molecule has 7 heteroatoms. The number of H-pyrrole nitrogens is 1. The van der Waals surface area contributed by atoms with Crippen molar-refractivity contribution in [3.63, 3.8) is 0 Å². The number of nitrogens with zero attached hydrogens (tertiary/aromatic N) is 1. The molecule has 1 atom stereocenters. The third-order valence-electron chi connectivity index (χ3n) is 6.25. The Hall–Kier alpha value is -2.90. The molecule has 0 radical (unpaired) electrons. The zero-order valence-corrected chi connectivity index (χ0v) is 19.3. The second-order valence-corrected chi connectivity index (χ2v) is 10.1. The molecule has 0 aliphatic carbocycles. The number of para-hydroxylation sites is 1. The fraction of sp³-hybridized carbons (Fsp3) is 0.280. The van der Waals surface area contributed by atoms with E-state index in [0.717, 1.165) is 10.4 Å². The van der Waals surface area contributed by atoms with Gasteiger partial charge in [0.15, 0.2) is 0 Å². The normalized spacial score (nSPS) is 15.7. The van der Waals surface area contributed by atoms with Crippen LogP contribution in [0.5, 0.6) is 0 Å². The molecule has 4 heterocycles. The number of amides is 2. The van der Waals surface area contributed by atoms with Crippen molar-refractivity contribution in [3.05, 3.63) is 80.8 Å². The second-order valence-electron chi connectivity index (χ2n) is 8.15. The Labute approximate surface area is 195 Å². The van der Waals surface area contributed by atoms with Gasteiger partial charge < -0.3 is 15.2 Å². The number of likely N-dealkylation sites (tertiary alicyclic amines) is 1. The number of nitrogens with one attached hydrogen (secondary N) is 2. The van der Waals surface area contributed by atoms with Gasteiger partial charge in [-0.2, -0.15) is 0 Å². The van der Waals surface area contributed by atoms with Crippen LogP contribution in [0.2, 0.25) is 0 Å². The number of hydrogen-bond donors (Lipinski definition) is 2. The molecule has 1 fully saturated rings. The van der Waals surface area contributed by atoms with Crippen LogP contribution >= 0.6 is 22.7 Å². The summed E-state index contributed by atoms with van der Waals surface area (Å²) in [6, 6.07) is 16.2. The Morgan fingerprint density at radius 1 is 1.03 bits per heavy atom. The highest BCUT2D eigenvalue weighted by Crippen LogP contribution is 2.33. The Morgan fingerprint density at radius 3 is 2.56 bits per heavy atom. The molecule has 4 aromatic rings. The number of aromatic nitrogens is 1. The molecule has 5 nitrogen and oxygen atoms in total. The molecule has 1 aliphatic heterocycles. The number of thiophene rings is 2. The lowest BCUT2D eigenvalue weighted by atomic mass is 9.94. The fourth-order valence-corrected chi connectivity index (χ4v) is 6.02. The smallest absolute Gasteiger partial charge is 0.263 e. The van der Waals surface area contributed by atoms with E-state index in [-0.39, 0.29) is 23.7 Å². The first-order valence-corrected chi connectivity index (χ1v) is 12.7. The summed E-state index contributed by atoms with van der Waals surface area (Å²) in [5.74, 6) is 0.232. The molecule has 5 rings (SSSR count). The number of benzene rings is 1. The van der Waals surface area contributed by atoms with Crippen molar-refractivity contribution in [2.45, 2.75) is 18.8 Å². The minimum absolute atomic E-state index is 0.0469. The average Bonchev–Trinajstić information content (AvgIpc) is 3.61. The van der Waals surface area contributed by atoms with Crippen molar-refractivity contribution in [3.8, 4) is 0 Å². The molecule has 0 saturated carbocycles. The Bertz CT molecular complexity index is 1190. The number of piperidine rings is 1. The number of rotatable bonds is 6. The monoisotopic (exact) mass is 463 g/mol. The third-order valence-corrected chi connectivity index (χ3v) is 8.09. The van der Waals surface area contributed by atoms with Crippen molar-refractivity contribution < 1.29 is 9.59 Å². The molecular formula is C25H25N3O2S2. The van der Waals surface area contributed by atoms with E-state index < -0.39 is 0 Å². The van der Waals surface area contributed by atoms with Crippen LogP contribution in [0.4, 0.5) is 0 Å². The molecule has 164 valence electrons. The number of carbonyl (C=O) groups is 2. The van der Waals surface area contributed by atoms with Crippen LogP contribution in [0.25, 0.3) is 10.9 Å². The summed E-state index contributed by atoms with van der Waals surface area (Å²) in [6.45, 7) is 1.83. The fourth-order valence-electron chi connectivity index (χ4n) is 4.48. The largest absolute Gasteiger partial charge is 0.361 e. The lowest BCUT2D eigenvalue weighted by Crippen LogP contribution is -2.43. The van der Waals surface area contributed by atoms with Crippen molar-refractivity contribution >= 4 is 45.4 Å². The van der Waals surface area contributed by atoms with Crippen LogP contribution in [0.3, 0.4) is 0 Å². The first kappa shape index (κ1) is 21.0. The van der Waals surface area contributed by atoms with Crippen LogP contribution in [0.1, 0.15) is 38.9 Å². The van der Waals surface area contributed by atoms with E-state index in [9.17, 15) is 9.59 Å². The molecule has 2 N–H and O–H groups in total. The van der Waals surface area contributed by atoms with Crippen molar-refractivity contribution in [2.75, 3.05) is 19.6 Å². The van der Waals surface area contributed by atoms with Gasteiger partial charge in [0, 0.05) is 53.4 Å². The van der Waals surface area contributed by atoms with Crippen LogP contribution in [-0.2, 0) is 4.79 Å². The van der Waals surface area contributed by atoms with Gasteiger partial charge >= 0.3 is 0 Å². The first-order valence-electron chi connectivity index (χ1n) is 10.9. The van der Waals surface area contributed by atoms with Crippen LogP contribution in [-0.4, -0.2) is 41.3 Å². The van der Waals surface area contributed by atoms with E-state index in [0.29, 0.717) is 32.5 Å². The van der Waals surface area contributed by atoms with Crippen LogP contribution < -0.4 is 5.32 Å². The molecular weight excluding hydrogens is 438 g/mol. The van der Waals surface area contributed by atoms with Crippen LogP contribution in [0.15, 0.2) is 65.5 Å². The van der Waals surface area contributed by atoms with Gasteiger partial charge in [-0.3, -0.25) is 9.59 Å². The predicted molar refractivity (Wildman–Crippen MR) is 130 cm³/mol. The maximum Gasteiger partial charge on any atom is 0.263 e. The van der Waals surface area contributed by atoms with Gasteiger partial charge in [0.1, 0.15) is 0 Å². The highest BCUT2D eigenvalue weighted by molar-refractivity contribution is 7.12. The summed E-state index contributed by atoms with van der Waals surface area (Å²) in [6.07, 6.45) is 3.48. The van der Waals surface area contributed by atoms with E-state index >= 15 is 0 Å². The zero-order valence-electron chi connectivity index (χ0n) is 17.6. The van der Waals surface area contributed by atoms with Gasteiger partial charge in [-0.1, -0.05) is 30.3 Å². The molecule has 0 bridgehead atoms. The van der Waals surface area contributed by atoms with Crippen molar-refractivity contribution in [2.24, 2.45) is 5.92 Å². The van der Waals surface area contributed by atoms with Crippen molar-refractivity contribution in [1.29, 1.82) is 0 Å². The zero-order chi connectivity index (χ0) is 21.9. The van der Waals surface area contributed by atoms with Gasteiger partial charge in [-0.05, 0) is 47.4 Å². The topological polar surface area (TPSA) is 65.2 Å². The maximum absolute atomic E-state index is 13.0.